The van der Waals surface area contributed by atoms with E-state index in [2.05, 4.69) is 4.98 Å². The molecule has 0 aliphatic carbocycles. The summed E-state index contributed by atoms with van der Waals surface area (Å²) in [6.07, 6.45) is 2.55. The average molecular weight is 457 g/mol. The first kappa shape index (κ1) is 23.1. The first-order chi connectivity index (χ1) is 15.4. The maximum absolute atomic E-state index is 15.5. The van der Waals surface area contributed by atoms with Crippen LogP contribution in [0.5, 0.6) is 0 Å². The van der Waals surface area contributed by atoms with E-state index in [1.165, 1.54) is 13.8 Å². The predicted octanol–water partition coefficient (Wildman–Crippen LogP) is 6.02. The van der Waals surface area contributed by atoms with Crippen LogP contribution in [0.15, 0.2) is 42.5 Å². The number of aromatic amines is 1. The highest BCUT2D eigenvalue weighted by Crippen LogP contribution is 2.46. The first-order valence-electron chi connectivity index (χ1n) is 10.8. The van der Waals surface area contributed by atoms with Gasteiger partial charge in [-0.1, -0.05) is 18.2 Å². The van der Waals surface area contributed by atoms with Crippen molar-refractivity contribution >= 4 is 22.9 Å². The summed E-state index contributed by atoms with van der Waals surface area (Å²) < 4.78 is 45.9. The molecule has 0 radical (unpaired) electrons. The van der Waals surface area contributed by atoms with E-state index in [9.17, 15) is 9.18 Å². The summed E-state index contributed by atoms with van der Waals surface area (Å²) in [4.78, 5) is 16.0. The average Bonchev–Trinajstić information content (AvgIpc) is 3.04. The number of nitrogens with zero attached hydrogens (tertiary/aromatic N) is 1. The minimum atomic E-state index is -1.60. The van der Waals surface area contributed by atoms with Crippen molar-refractivity contribution in [3.63, 3.8) is 0 Å². The van der Waals surface area contributed by atoms with Gasteiger partial charge in [0, 0.05) is 40.3 Å². The highest BCUT2D eigenvalue weighted by molar-refractivity contribution is 5.86. The number of benzene rings is 2. The highest BCUT2D eigenvalue weighted by atomic mass is 19.1. The van der Waals surface area contributed by atoms with Crippen LogP contribution in [-0.4, -0.2) is 38.7 Å². The number of para-hydroxylation sites is 1. The number of rotatable bonds is 5. The summed E-state index contributed by atoms with van der Waals surface area (Å²) in [6, 6.07) is 9.02. The van der Waals surface area contributed by atoms with E-state index in [1.807, 2.05) is 43.0 Å². The second-order valence-electron chi connectivity index (χ2n) is 9.87. The molecule has 1 atom stereocenters. The van der Waals surface area contributed by atoms with Gasteiger partial charge >= 0.3 is 5.97 Å². The molecule has 0 saturated carbocycles. The number of hydrogen-bond donors (Lipinski definition) is 2. The monoisotopic (exact) mass is 456 g/mol. The van der Waals surface area contributed by atoms with Crippen LogP contribution in [-0.2, 0) is 11.2 Å². The smallest absolute Gasteiger partial charge is 0.328 e. The van der Waals surface area contributed by atoms with E-state index in [1.54, 1.807) is 0 Å². The summed E-state index contributed by atoms with van der Waals surface area (Å²) in [5.74, 6) is -2.84. The predicted molar refractivity (Wildman–Crippen MR) is 123 cm³/mol. The Labute approximate surface area is 190 Å². The summed E-state index contributed by atoms with van der Waals surface area (Å²) in [7, 11) is 0. The molecular weight excluding hydrogens is 429 g/mol. The number of hydrogen-bond acceptors (Lipinski definition) is 2. The molecule has 7 heteroatoms. The van der Waals surface area contributed by atoms with Crippen LogP contribution in [0.25, 0.3) is 17.0 Å². The van der Waals surface area contributed by atoms with Gasteiger partial charge in [-0.3, -0.25) is 4.90 Å². The minimum absolute atomic E-state index is 0.0287. The third-order valence-corrected chi connectivity index (χ3v) is 6.16. The Kier molecular flexibility index (Phi) is 5.65. The van der Waals surface area contributed by atoms with Crippen molar-refractivity contribution in [1.29, 1.82) is 0 Å². The molecule has 0 saturated heterocycles. The summed E-state index contributed by atoms with van der Waals surface area (Å²) in [5.41, 5.74) is 0.177. The van der Waals surface area contributed by atoms with Crippen LogP contribution in [0.3, 0.4) is 0 Å². The Balaban J connectivity index is 1.96. The molecular formula is C26H27F3N2O2. The van der Waals surface area contributed by atoms with Gasteiger partial charge < -0.3 is 10.1 Å². The molecule has 3 aromatic rings. The third kappa shape index (κ3) is 4.42. The number of alkyl halides is 1. The van der Waals surface area contributed by atoms with Crippen LogP contribution in [0.1, 0.15) is 56.1 Å². The van der Waals surface area contributed by atoms with Crippen molar-refractivity contribution < 1.29 is 23.1 Å². The standard InChI is InChI=1S/C26H27F3N2O2/c1-25(2,29)14-31-24(22-18(27)11-15(12-19(22)28)9-10-21(32)33)23-17(13-26(31,3)4)16-7-5-6-8-20(16)30-23/h5-12,24,30H,13-14H2,1-4H3,(H,32,33). The number of carbonyl (C=O) groups is 1. The van der Waals surface area contributed by atoms with Crippen molar-refractivity contribution in [3.8, 4) is 0 Å². The fraction of sp³-hybridized carbons (Fsp3) is 0.346. The van der Waals surface area contributed by atoms with Gasteiger partial charge in [-0.15, -0.1) is 0 Å². The van der Waals surface area contributed by atoms with Gasteiger partial charge in [0.2, 0.25) is 0 Å². The second-order valence-corrected chi connectivity index (χ2v) is 9.87. The number of aromatic nitrogens is 1. The molecule has 4 rings (SSSR count). The Morgan fingerprint density at radius 1 is 1.24 bits per heavy atom. The molecule has 1 unspecified atom stereocenters. The Morgan fingerprint density at radius 2 is 1.88 bits per heavy atom. The van der Waals surface area contributed by atoms with Gasteiger partial charge in [0.1, 0.15) is 17.3 Å². The summed E-state index contributed by atoms with van der Waals surface area (Å²) in [5, 5.41) is 9.81. The van der Waals surface area contributed by atoms with Gasteiger partial charge in [-0.05, 0) is 69.5 Å². The van der Waals surface area contributed by atoms with Gasteiger partial charge in [0.05, 0.1) is 6.04 Å². The van der Waals surface area contributed by atoms with Crippen molar-refractivity contribution in [2.75, 3.05) is 6.54 Å². The molecule has 0 bridgehead atoms. The van der Waals surface area contributed by atoms with Gasteiger partial charge in [-0.25, -0.2) is 18.0 Å². The molecule has 0 amide bonds. The zero-order valence-electron chi connectivity index (χ0n) is 19.0. The zero-order valence-corrected chi connectivity index (χ0v) is 19.0. The minimum Gasteiger partial charge on any atom is -0.478 e. The van der Waals surface area contributed by atoms with Crippen molar-refractivity contribution in [3.05, 3.63) is 76.5 Å². The fourth-order valence-corrected chi connectivity index (χ4v) is 4.82. The number of H-pyrrole nitrogens is 1. The number of carboxylic acids is 1. The normalized spacial score (nSPS) is 18.7. The summed E-state index contributed by atoms with van der Waals surface area (Å²) >= 11 is 0. The summed E-state index contributed by atoms with van der Waals surface area (Å²) in [6.45, 7) is 6.78. The van der Waals surface area contributed by atoms with E-state index in [-0.39, 0.29) is 17.7 Å². The quantitative estimate of drug-likeness (QED) is 0.462. The number of fused-ring (bicyclic) bond motifs is 3. The lowest BCUT2D eigenvalue weighted by molar-refractivity contribution is -0.131. The molecule has 1 aliphatic heterocycles. The van der Waals surface area contributed by atoms with E-state index >= 15 is 8.78 Å². The molecule has 0 fully saturated rings. The second kappa shape index (κ2) is 8.06. The largest absolute Gasteiger partial charge is 0.478 e. The Morgan fingerprint density at radius 3 is 2.48 bits per heavy atom. The van der Waals surface area contributed by atoms with Crippen LogP contribution >= 0.6 is 0 Å². The van der Waals surface area contributed by atoms with Crippen molar-refractivity contribution in [2.45, 2.75) is 51.4 Å². The lowest BCUT2D eigenvalue weighted by atomic mass is 9.80. The first-order valence-corrected chi connectivity index (χ1v) is 10.8. The molecule has 174 valence electrons. The van der Waals surface area contributed by atoms with E-state index < -0.39 is 34.9 Å². The SMILES string of the molecule is CC(C)(F)CN1C(c2c(F)cc(C=CC(=O)O)cc2F)c2[nH]c3ccccc3c2CC1(C)C. The maximum Gasteiger partial charge on any atom is 0.328 e. The lowest BCUT2D eigenvalue weighted by Gasteiger charge is -2.49. The molecule has 33 heavy (non-hydrogen) atoms. The molecule has 0 spiro atoms. The van der Waals surface area contributed by atoms with Crippen molar-refractivity contribution in [1.82, 2.24) is 9.88 Å². The molecule has 1 aromatic heterocycles. The van der Waals surface area contributed by atoms with Crippen LogP contribution < -0.4 is 0 Å². The van der Waals surface area contributed by atoms with Crippen LogP contribution in [0, 0.1) is 11.6 Å². The van der Waals surface area contributed by atoms with Gasteiger partial charge in [0.25, 0.3) is 0 Å². The van der Waals surface area contributed by atoms with Gasteiger partial charge in [0.15, 0.2) is 0 Å². The van der Waals surface area contributed by atoms with Crippen molar-refractivity contribution in [2.24, 2.45) is 0 Å². The molecule has 2 heterocycles. The van der Waals surface area contributed by atoms with Crippen LogP contribution in [0.2, 0.25) is 0 Å². The van der Waals surface area contributed by atoms with Crippen LogP contribution in [0.4, 0.5) is 13.2 Å². The number of halogens is 3. The topological polar surface area (TPSA) is 56.3 Å². The van der Waals surface area contributed by atoms with Gasteiger partial charge in [-0.2, -0.15) is 0 Å². The Bertz CT molecular complexity index is 1230. The van der Waals surface area contributed by atoms with E-state index in [0.29, 0.717) is 12.1 Å². The zero-order chi connectivity index (χ0) is 24.1. The Hall–Kier alpha value is -3.06. The maximum atomic E-state index is 15.5. The lowest BCUT2D eigenvalue weighted by Crippen LogP contribution is -2.55. The molecule has 2 aromatic carbocycles. The fourth-order valence-electron chi connectivity index (χ4n) is 4.82. The third-order valence-electron chi connectivity index (χ3n) is 6.16. The molecule has 1 aliphatic rings. The highest BCUT2D eigenvalue weighted by Gasteiger charge is 2.45. The molecule has 4 nitrogen and oxygen atoms in total. The number of carboxylic acid groups (broad SMARTS) is 1. The van der Waals surface area contributed by atoms with E-state index in [4.69, 9.17) is 5.11 Å². The number of aliphatic carboxylic acids is 1. The molecule has 2 N–H and O–H groups in total. The number of nitrogens with one attached hydrogen (secondary N) is 1. The van der Waals surface area contributed by atoms with E-state index in [0.717, 1.165) is 40.8 Å².